The molecule has 7 nitrogen and oxygen atoms in total. The van der Waals surface area contributed by atoms with E-state index in [-0.39, 0.29) is 13.2 Å². The first-order valence-electron chi connectivity index (χ1n) is 7.22. The van der Waals surface area contributed by atoms with E-state index in [9.17, 15) is 9.59 Å². The van der Waals surface area contributed by atoms with Crippen molar-refractivity contribution < 1.29 is 24.2 Å². The molecule has 1 aromatic carbocycles. The van der Waals surface area contributed by atoms with Gasteiger partial charge in [-0.25, -0.2) is 0 Å². The summed E-state index contributed by atoms with van der Waals surface area (Å²) in [7, 11) is 0. The van der Waals surface area contributed by atoms with E-state index in [0.29, 0.717) is 36.8 Å². The Bertz CT molecular complexity index is 505. The van der Waals surface area contributed by atoms with Crippen LogP contribution >= 0.6 is 0 Å². The molecule has 2 amide bonds. The highest BCUT2D eigenvalue weighted by atomic mass is 16.5. The number of aliphatic hydroxyl groups excluding tert-OH is 1. The molecule has 0 saturated heterocycles. The normalized spacial score (nSPS) is 9.95. The average Bonchev–Trinajstić information content (AvgIpc) is 2.50. The number of amides is 2. The minimum Gasteiger partial charge on any atom is -0.490 e. The van der Waals surface area contributed by atoms with Crippen molar-refractivity contribution in [3.8, 4) is 11.5 Å². The topological polar surface area (TPSA) is 96.9 Å². The molecule has 0 fully saturated rings. The fourth-order valence-corrected chi connectivity index (χ4v) is 1.68. The average molecular weight is 310 g/mol. The van der Waals surface area contributed by atoms with Gasteiger partial charge < -0.3 is 25.2 Å². The molecule has 1 aromatic rings. The molecule has 0 unspecified atom stereocenters. The number of carbonyl (C=O) groups excluding carboxylic acids is 2. The minimum atomic E-state index is -0.774. The van der Waals surface area contributed by atoms with Gasteiger partial charge in [-0.3, -0.25) is 9.59 Å². The summed E-state index contributed by atoms with van der Waals surface area (Å²) < 4.78 is 10.9. The number of nitrogens with one attached hydrogen (secondary N) is 2. The van der Waals surface area contributed by atoms with E-state index in [1.54, 1.807) is 18.2 Å². The van der Waals surface area contributed by atoms with Crippen molar-refractivity contribution in [3.63, 3.8) is 0 Å². The summed E-state index contributed by atoms with van der Waals surface area (Å²) >= 11 is 0. The first kappa shape index (κ1) is 17.8. The standard InChI is InChI=1S/C15H22N2O5/c1-3-21-12-7-6-11(10-13(12)22-4-2)17-15(20)14(19)16-8-5-9-18/h6-7,10,18H,3-5,8-9H2,1-2H3,(H,16,19)(H,17,20). The lowest BCUT2D eigenvalue weighted by Crippen LogP contribution is -2.36. The van der Waals surface area contributed by atoms with Crippen LogP contribution in [0.1, 0.15) is 20.3 Å². The molecule has 1 rings (SSSR count). The maximum Gasteiger partial charge on any atom is 0.313 e. The first-order valence-corrected chi connectivity index (χ1v) is 7.22. The third kappa shape index (κ3) is 5.61. The summed E-state index contributed by atoms with van der Waals surface area (Å²) in [4.78, 5) is 23.3. The van der Waals surface area contributed by atoms with Gasteiger partial charge in [0, 0.05) is 24.9 Å². The number of anilines is 1. The minimum absolute atomic E-state index is 0.0431. The number of ether oxygens (including phenoxy) is 2. The van der Waals surface area contributed by atoms with Gasteiger partial charge in [-0.2, -0.15) is 0 Å². The molecule has 7 heteroatoms. The lowest BCUT2D eigenvalue weighted by molar-refractivity contribution is -0.136. The highest BCUT2D eigenvalue weighted by Crippen LogP contribution is 2.30. The molecule has 0 aliphatic heterocycles. The smallest absolute Gasteiger partial charge is 0.313 e. The van der Waals surface area contributed by atoms with Crippen LogP contribution in [0.3, 0.4) is 0 Å². The van der Waals surface area contributed by atoms with Gasteiger partial charge in [-0.15, -0.1) is 0 Å². The monoisotopic (exact) mass is 310 g/mol. The fraction of sp³-hybridized carbons (Fsp3) is 0.467. The molecule has 0 bridgehead atoms. The summed E-state index contributed by atoms with van der Waals surface area (Å²) in [6, 6.07) is 4.91. The van der Waals surface area contributed by atoms with Crippen molar-refractivity contribution in [1.82, 2.24) is 5.32 Å². The lowest BCUT2D eigenvalue weighted by Gasteiger charge is -2.13. The Balaban J connectivity index is 2.70. The Labute approximate surface area is 129 Å². The Kier molecular flexibility index (Phi) is 7.77. The number of hydrogen-bond donors (Lipinski definition) is 3. The molecule has 22 heavy (non-hydrogen) atoms. The summed E-state index contributed by atoms with van der Waals surface area (Å²) in [5, 5.41) is 13.5. The molecule has 0 atom stereocenters. The van der Waals surface area contributed by atoms with Crippen LogP contribution in [0.5, 0.6) is 11.5 Å². The van der Waals surface area contributed by atoms with Crippen LogP contribution in [0.25, 0.3) is 0 Å². The number of aliphatic hydroxyl groups is 1. The molecule has 0 radical (unpaired) electrons. The molecular weight excluding hydrogens is 288 g/mol. The van der Waals surface area contributed by atoms with Crippen LogP contribution in [0, 0.1) is 0 Å². The van der Waals surface area contributed by atoms with Gasteiger partial charge in [-0.05, 0) is 32.4 Å². The van der Waals surface area contributed by atoms with E-state index in [4.69, 9.17) is 14.6 Å². The van der Waals surface area contributed by atoms with Crippen molar-refractivity contribution in [2.75, 3.05) is 31.7 Å². The number of hydrogen-bond acceptors (Lipinski definition) is 5. The van der Waals surface area contributed by atoms with Crippen molar-refractivity contribution >= 4 is 17.5 Å². The van der Waals surface area contributed by atoms with Crippen LogP contribution in [-0.2, 0) is 9.59 Å². The van der Waals surface area contributed by atoms with Crippen molar-refractivity contribution in [3.05, 3.63) is 18.2 Å². The quantitative estimate of drug-likeness (QED) is 0.490. The Morgan fingerprint density at radius 2 is 1.77 bits per heavy atom. The van der Waals surface area contributed by atoms with Gasteiger partial charge >= 0.3 is 11.8 Å². The van der Waals surface area contributed by atoms with Gasteiger partial charge in [0.2, 0.25) is 0 Å². The zero-order chi connectivity index (χ0) is 16.4. The van der Waals surface area contributed by atoms with Crippen LogP contribution in [-0.4, -0.2) is 43.3 Å². The molecule has 0 heterocycles. The molecule has 0 spiro atoms. The van der Waals surface area contributed by atoms with E-state index in [1.807, 2.05) is 13.8 Å². The molecule has 0 aliphatic carbocycles. The molecule has 0 aromatic heterocycles. The van der Waals surface area contributed by atoms with Crippen molar-refractivity contribution in [2.45, 2.75) is 20.3 Å². The third-order valence-electron chi connectivity index (χ3n) is 2.63. The maximum absolute atomic E-state index is 11.7. The second kappa shape index (κ2) is 9.62. The van der Waals surface area contributed by atoms with Crippen molar-refractivity contribution in [1.29, 1.82) is 0 Å². The zero-order valence-electron chi connectivity index (χ0n) is 12.8. The van der Waals surface area contributed by atoms with E-state index in [2.05, 4.69) is 10.6 Å². The molecule has 122 valence electrons. The Morgan fingerprint density at radius 3 is 2.41 bits per heavy atom. The maximum atomic E-state index is 11.7. The zero-order valence-corrected chi connectivity index (χ0v) is 12.8. The second-order valence-corrected chi connectivity index (χ2v) is 4.31. The van der Waals surface area contributed by atoms with Crippen LogP contribution in [0.4, 0.5) is 5.69 Å². The molecule has 3 N–H and O–H groups in total. The number of benzene rings is 1. The predicted octanol–water partition coefficient (Wildman–Crippen LogP) is 0.921. The first-order chi connectivity index (χ1) is 10.6. The lowest BCUT2D eigenvalue weighted by atomic mass is 10.2. The Morgan fingerprint density at radius 1 is 1.09 bits per heavy atom. The van der Waals surface area contributed by atoms with Gasteiger partial charge in [0.15, 0.2) is 11.5 Å². The van der Waals surface area contributed by atoms with Crippen molar-refractivity contribution in [2.24, 2.45) is 0 Å². The predicted molar refractivity (Wildman–Crippen MR) is 82.1 cm³/mol. The fourth-order valence-electron chi connectivity index (χ4n) is 1.68. The van der Waals surface area contributed by atoms with Crippen LogP contribution in [0.2, 0.25) is 0 Å². The number of carbonyl (C=O) groups is 2. The Hall–Kier alpha value is -2.28. The highest BCUT2D eigenvalue weighted by molar-refractivity contribution is 6.39. The van der Waals surface area contributed by atoms with Crippen LogP contribution < -0.4 is 20.1 Å². The molecule has 0 aliphatic rings. The number of rotatable bonds is 8. The highest BCUT2D eigenvalue weighted by Gasteiger charge is 2.14. The summed E-state index contributed by atoms with van der Waals surface area (Å²) in [5.74, 6) is -0.442. The second-order valence-electron chi connectivity index (χ2n) is 4.31. The van der Waals surface area contributed by atoms with Crippen LogP contribution in [0.15, 0.2) is 18.2 Å². The summed E-state index contributed by atoms with van der Waals surface area (Å²) in [6.45, 7) is 4.87. The van der Waals surface area contributed by atoms with E-state index >= 15 is 0 Å². The third-order valence-corrected chi connectivity index (χ3v) is 2.63. The van der Waals surface area contributed by atoms with E-state index < -0.39 is 11.8 Å². The SMILES string of the molecule is CCOc1ccc(NC(=O)C(=O)NCCCO)cc1OCC. The van der Waals surface area contributed by atoms with Gasteiger partial charge in [0.1, 0.15) is 0 Å². The van der Waals surface area contributed by atoms with E-state index in [1.165, 1.54) is 0 Å². The molecule has 0 saturated carbocycles. The van der Waals surface area contributed by atoms with Gasteiger partial charge in [0.05, 0.1) is 13.2 Å². The largest absolute Gasteiger partial charge is 0.490 e. The summed E-state index contributed by atoms with van der Waals surface area (Å²) in [6.07, 6.45) is 0.399. The summed E-state index contributed by atoms with van der Waals surface area (Å²) in [5.41, 5.74) is 0.439. The van der Waals surface area contributed by atoms with Gasteiger partial charge in [-0.1, -0.05) is 0 Å². The van der Waals surface area contributed by atoms with Gasteiger partial charge in [0.25, 0.3) is 0 Å². The van der Waals surface area contributed by atoms with E-state index in [0.717, 1.165) is 0 Å². The molecular formula is C15H22N2O5.